The van der Waals surface area contributed by atoms with E-state index in [1.165, 1.54) is 0 Å². The summed E-state index contributed by atoms with van der Waals surface area (Å²) in [7, 11) is 0. The number of nitrogens with one attached hydrogen (secondary N) is 2. The van der Waals surface area contributed by atoms with Gasteiger partial charge in [-0.25, -0.2) is 0 Å². The van der Waals surface area contributed by atoms with Crippen LogP contribution in [0.5, 0.6) is 0 Å². The summed E-state index contributed by atoms with van der Waals surface area (Å²) in [4.78, 5) is 15.0. The Morgan fingerprint density at radius 2 is 1.82 bits per heavy atom. The first kappa shape index (κ1) is 14.4. The number of hydrogen-bond donors (Lipinski definition) is 3. The van der Waals surface area contributed by atoms with Gasteiger partial charge in [0.2, 0.25) is 5.91 Å². The summed E-state index contributed by atoms with van der Waals surface area (Å²) >= 11 is 0. The highest BCUT2D eigenvalue weighted by Crippen LogP contribution is 2.19. The lowest BCUT2D eigenvalue weighted by atomic mass is 10.0. The van der Waals surface area contributed by atoms with Crippen LogP contribution >= 0.6 is 0 Å². The number of benzene rings is 2. The number of carbonyl (C=O) groups excluding carboxylic acids is 1. The quantitative estimate of drug-likeness (QED) is 0.653. The highest BCUT2D eigenvalue weighted by atomic mass is 16.1. The molecule has 22 heavy (non-hydrogen) atoms. The van der Waals surface area contributed by atoms with Gasteiger partial charge in [-0.1, -0.05) is 48.5 Å². The Morgan fingerprint density at radius 1 is 1.09 bits per heavy atom. The molecule has 0 bridgehead atoms. The van der Waals surface area contributed by atoms with Crippen molar-refractivity contribution in [2.24, 2.45) is 5.73 Å². The molecule has 0 aliphatic heterocycles. The first-order chi connectivity index (χ1) is 10.7. The Bertz CT molecular complexity index is 764. The molecule has 0 saturated heterocycles. The fourth-order valence-electron chi connectivity index (χ4n) is 2.63. The van der Waals surface area contributed by atoms with Crippen LogP contribution in [0.2, 0.25) is 0 Å². The van der Waals surface area contributed by atoms with Crippen molar-refractivity contribution in [2.75, 3.05) is 0 Å². The second-order valence-corrected chi connectivity index (χ2v) is 5.39. The van der Waals surface area contributed by atoms with Crippen molar-refractivity contribution in [3.63, 3.8) is 0 Å². The lowest BCUT2D eigenvalue weighted by Crippen LogP contribution is -2.42. The third kappa shape index (κ3) is 3.18. The van der Waals surface area contributed by atoms with E-state index < -0.39 is 0 Å². The van der Waals surface area contributed by atoms with Gasteiger partial charge in [0, 0.05) is 23.6 Å². The minimum Gasteiger partial charge on any atom is -0.368 e. The number of fused-ring (bicyclic) bond motifs is 1. The zero-order valence-electron chi connectivity index (χ0n) is 12.3. The normalized spacial score (nSPS) is 12.4. The molecule has 0 unspecified atom stereocenters. The average molecular weight is 293 g/mol. The number of nitrogens with two attached hydrogens (primary N) is 1. The first-order valence-electron chi connectivity index (χ1n) is 7.35. The Morgan fingerprint density at radius 3 is 2.59 bits per heavy atom. The van der Waals surface area contributed by atoms with Gasteiger partial charge in [-0.2, -0.15) is 0 Å². The molecule has 4 heteroatoms. The Hall–Kier alpha value is -2.59. The number of rotatable bonds is 6. The van der Waals surface area contributed by atoms with Gasteiger partial charge in [-0.3, -0.25) is 4.79 Å². The van der Waals surface area contributed by atoms with E-state index in [1.54, 1.807) is 0 Å². The van der Waals surface area contributed by atoms with E-state index in [9.17, 15) is 4.79 Å². The Kier molecular flexibility index (Phi) is 4.21. The summed E-state index contributed by atoms with van der Waals surface area (Å²) in [6.07, 6.45) is 2.52. The van der Waals surface area contributed by atoms with Crippen molar-refractivity contribution >= 4 is 16.8 Å². The molecule has 0 aliphatic rings. The molecule has 0 fully saturated rings. The lowest BCUT2D eigenvalue weighted by molar-refractivity contribution is -0.120. The summed E-state index contributed by atoms with van der Waals surface area (Å²) < 4.78 is 0. The van der Waals surface area contributed by atoms with E-state index in [-0.39, 0.29) is 11.9 Å². The summed E-state index contributed by atoms with van der Waals surface area (Å²) in [5, 5.41) is 4.38. The Balaban J connectivity index is 1.73. The SMILES string of the molecule is NC(=O)[C@H](Cc1c[nH]c2ccccc12)NCc1ccccc1. The predicted molar refractivity (Wildman–Crippen MR) is 88.3 cm³/mol. The van der Waals surface area contributed by atoms with E-state index in [2.05, 4.69) is 16.4 Å². The van der Waals surface area contributed by atoms with Gasteiger partial charge in [-0.15, -0.1) is 0 Å². The topological polar surface area (TPSA) is 70.9 Å². The van der Waals surface area contributed by atoms with Crippen LogP contribution in [0.1, 0.15) is 11.1 Å². The highest BCUT2D eigenvalue weighted by Gasteiger charge is 2.17. The summed E-state index contributed by atoms with van der Waals surface area (Å²) in [6.45, 7) is 0.622. The summed E-state index contributed by atoms with van der Waals surface area (Å²) in [5.74, 6) is -0.332. The number of carbonyl (C=O) groups is 1. The van der Waals surface area contributed by atoms with Gasteiger partial charge in [0.1, 0.15) is 0 Å². The van der Waals surface area contributed by atoms with E-state index in [4.69, 9.17) is 5.73 Å². The summed E-state index contributed by atoms with van der Waals surface area (Å²) in [6, 6.07) is 17.7. The molecule has 1 amide bonds. The third-order valence-corrected chi connectivity index (χ3v) is 3.84. The van der Waals surface area contributed by atoms with Crippen LogP contribution in [0.3, 0.4) is 0 Å². The molecule has 4 nitrogen and oxygen atoms in total. The number of H-pyrrole nitrogens is 1. The van der Waals surface area contributed by atoms with Crippen molar-refractivity contribution in [2.45, 2.75) is 19.0 Å². The summed E-state index contributed by atoms with van der Waals surface area (Å²) in [5.41, 5.74) is 8.85. The minimum absolute atomic E-state index is 0.332. The third-order valence-electron chi connectivity index (χ3n) is 3.84. The smallest absolute Gasteiger partial charge is 0.234 e. The van der Waals surface area contributed by atoms with E-state index in [1.807, 2.05) is 54.7 Å². The maximum atomic E-state index is 11.7. The number of para-hydroxylation sites is 1. The molecule has 1 aromatic heterocycles. The maximum absolute atomic E-state index is 11.7. The van der Waals surface area contributed by atoms with Crippen molar-refractivity contribution in [1.82, 2.24) is 10.3 Å². The van der Waals surface area contributed by atoms with Crippen LogP contribution in [0, 0.1) is 0 Å². The highest BCUT2D eigenvalue weighted by molar-refractivity contribution is 5.85. The molecule has 0 radical (unpaired) electrons. The number of primary amides is 1. The van der Waals surface area contributed by atoms with E-state index >= 15 is 0 Å². The molecular formula is C18H19N3O. The molecule has 3 rings (SSSR count). The molecule has 1 atom stereocenters. The number of aromatic amines is 1. The van der Waals surface area contributed by atoms with Crippen LogP contribution in [0.15, 0.2) is 60.8 Å². The Labute approximate surface area is 129 Å². The van der Waals surface area contributed by atoms with E-state index in [0.29, 0.717) is 13.0 Å². The molecule has 0 spiro atoms. The molecule has 4 N–H and O–H groups in total. The molecule has 112 valence electrons. The molecule has 0 aliphatic carbocycles. The van der Waals surface area contributed by atoms with Gasteiger partial charge in [-0.05, 0) is 23.6 Å². The van der Waals surface area contributed by atoms with Crippen LogP contribution in [0.4, 0.5) is 0 Å². The van der Waals surface area contributed by atoms with Crippen LogP contribution in [0.25, 0.3) is 10.9 Å². The van der Waals surface area contributed by atoms with Gasteiger partial charge in [0.15, 0.2) is 0 Å². The zero-order valence-corrected chi connectivity index (χ0v) is 12.3. The standard InChI is InChI=1S/C18H19N3O/c19-18(22)17(20-11-13-6-2-1-3-7-13)10-14-12-21-16-9-5-4-8-15(14)16/h1-9,12,17,20-21H,10-11H2,(H2,19,22)/t17-/m0/s1. The molecular weight excluding hydrogens is 274 g/mol. The van der Waals surface area contributed by atoms with E-state index in [0.717, 1.165) is 22.0 Å². The van der Waals surface area contributed by atoms with Crippen molar-refractivity contribution in [3.05, 3.63) is 71.9 Å². The number of hydrogen-bond acceptors (Lipinski definition) is 2. The fourth-order valence-corrected chi connectivity index (χ4v) is 2.63. The van der Waals surface area contributed by atoms with Gasteiger partial charge in [0.25, 0.3) is 0 Å². The van der Waals surface area contributed by atoms with Gasteiger partial charge >= 0.3 is 0 Å². The van der Waals surface area contributed by atoms with Gasteiger partial charge in [0.05, 0.1) is 6.04 Å². The maximum Gasteiger partial charge on any atom is 0.234 e. The van der Waals surface area contributed by atoms with Crippen molar-refractivity contribution < 1.29 is 4.79 Å². The number of aromatic nitrogens is 1. The second kappa shape index (κ2) is 6.45. The molecule has 3 aromatic rings. The molecule has 1 heterocycles. The van der Waals surface area contributed by atoms with Crippen molar-refractivity contribution in [3.8, 4) is 0 Å². The molecule has 2 aromatic carbocycles. The predicted octanol–water partition coefficient (Wildman–Crippen LogP) is 2.35. The average Bonchev–Trinajstić information content (AvgIpc) is 2.95. The molecule has 0 saturated carbocycles. The largest absolute Gasteiger partial charge is 0.368 e. The van der Waals surface area contributed by atoms with Crippen LogP contribution in [-0.2, 0) is 17.8 Å². The van der Waals surface area contributed by atoms with Crippen LogP contribution in [-0.4, -0.2) is 16.9 Å². The first-order valence-corrected chi connectivity index (χ1v) is 7.35. The minimum atomic E-state index is -0.389. The van der Waals surface area contributed by atoms with Crippen LogP contribution < -0.4 is 11.1 Å². The second-order valence-electron chi connectivity index (χ2n) is 5.39. The fraction of sp³-hybridized carbons (Fsp3) is 0.167. The van der Waals surface area contributed by atoms with Gasteiger partial charge < -0.3 is 16.0 Å². The van der Waals surface area contributed by atoms with Crippen molar-refractivity contribution in [1.29, 1.82) is 0 Å². The monoisotopic (exact) mass is 293 g/mol. The number of amides is 1. The zero-order chi connectivity index (χ0) is 15.4. The lowest BCUT2D eigenvalue weighted by Gasteiger charge is -2.15.